The third-order valence-electron chi connectivity index (χ3n) is 3.70. The summed E-state index contributed by atoms with van der Waals surface area (Å²) < 4.78 is 0. The van der Waals surface area contributed by atoms with Crippen LogP contribution in [0.25, 0.3) is 0 Å². The zero-order valence-corrected chi connectivity index (χ0v) is 15.0. The molecule has 1 atom stereocenters. The largest absolute Gasteiger partial charge is 0.390 e. The molecule has 1 aromatic rings. The number of hydrogen-bond donors (Lipinski definition) is 3. The number of oxime groups is 1. The van der Waals surface area contributed by atoms with Crippen LogP contribution in [0.5, 0.6) is 0 Å². The van der Waals surface area contributed by atoms with E-state index in [1.165, 1.54) is 5.56 Å². The Morgan fingerprint density at radius 1 is 1.24 bits per heavy atom. The second kappa shape index (κ2) is 9.05. The van der Waals surface area contributed by atoms with Gasteiger partial charge in [0.15, 0.2) is 6.10 Å². The number of urea groups is 1. The summed E-state index contributed by atoms with van der Waals surface area (Å²) in [6, 6.07) is 7.89. The van der Waals surface area contributed by atoms with Crippen molar-refractivity contribution in [2.75, 3.05) is 13.1 Å². The standard InChI is InChI=1S/C18H26N4O3/c1-12(2)21-17(23)8-9-19-18(24)20-11-15-10-16(22-25-15)14-6-4-13(3)5-7-14/h4-7,12,15H,8-11H2,1-3H3,(H,21,23)(H2,19,20,24)/t15-/m1/s1. The van der Waals surface area contributed by atoms with E-state index in [-0.39, 0.29) is 30.5 Å². The van der Waals surface area contributed by atoms with Crippen LogP contribution < -0.4 is 16.0 Å². The van der Waals surface area contributed by atoms with Crippen molar-refractivity contribution >= 4 is 17.6 Å². The van der Waals surface area contributed by atoms with Gasteiger partial charge in [0.05, 0.1) is 12.3 Å². The zero-order chi connectivity index (χ0) is 18.2. The molecule has 0 unspecified atom stereocenters. The highest BCUT2D eigenvalue weighted by molar-refractivity contribution is 6.01. The average Bonchev–Trinajstić information content (AvgIpc) is 3.02. The summed E-state index contributed by atoms with van der Waals surface area (Å²) in [4.78, 5) is 28.6. The molecule has 0 saturated carbocycles. The number of benzene rings is 1. The Kier molecular flexibility index (Phi) is 6.80. The van der Waals surface area contributed by atoms with Crippen molar-refractivity contribution in [1.82, 2.24) is 16.0 Å². The summed E-state index contributed by atoms with van der Waals surface area (Å²) in [7, 11) is 0. The molecule has 1 aliphatic rings. The lowest BCUT2D eigenvalue weighted by molar-refractivity contribution is -0.121. The van der Waals surface area contributed by atoms with Gasteiger partial charge < -0.3 is 20.8 Å². The topological polar surface area (TPSA) is 91.8 Å². The highest BCUT2D eigenvalue weighted by Crippen LogP contribution is 2.16. The predicted octanol–water partition coefficient (Wildman–Crippen LogP) is 1.70. The van der Waals surface area contributed by atoms with Crippen molar-refractivity contribution in [3.63, 3.8) is 0 Å². The highest BCUT2D eigenvalue weighted by atomic mass is 16.6. The Hall–Kier alpha value is -2.57. The number of carbonyl (C=O) groups excluding carboxylic acids is 2. The van der Waals surface area contributed by atoms with Gasteiger partial charge in [-0.25, -0.2) is 4.79 Å². The van der Waals surface area contributed by atoms with E-state index in [0.29, 0.717) is 19.5 Å². The van der Waals surface area contributed by atoms with E-state index >= 15 is 0 Å². The molecule has 0 radical (unpaired) electrons. The summed E-state index contributed by atoms with van der Waals surface area (Å²) >= 11 is 0. The number of rotatable bonds is 7. The SMILES string of the molecule is Cc1ccc(C2=NO[C@@H](CNC(=O)NCCC(=O)NC(C)C)C2)cc1. The van der Waals surface area contributed by atoms with E-state index in [4.69, 9.17) is 4.84 Å². The minimum absolute atomic E-state index is 0.0782. The lowest BCUT2D eigenvalue weighted by Gasteiger charge is -2.11. The van der Waals surface area contributed by atoms with Gasteiger partial charge in [-0.05, 0) is 26.3 Å². The van der Waals surface area contributed by atoms with Crippen LogP contribution in [0, 0.1) is 6.92 Å². The summed E-state index contributed by atoms with van der Waals surface area (Å²) in [5, 5.41) is 12.3. The summed E-state index contributed by atoms with van der Waals surface area (Å²) in [6.07, 6.45) is 0.734. The summed E-state index contributed by atoms with van der Waals surface area (Å²) in [5.74, 6) is -0.0782. The van der Waals surface area contributed by atoms with Gasteiger partial charge in [0.25, 0.3) is 0 Å². The Bertz CT molecular complexity index is 626. The number of aryl methyl sites for hydroxylation is 1. The Morgan fingerprint density at radius 3 is 2.64 bits per heavy atom. The fourth-order valence-corrected chi connectivity index (χ4v) is 2.41. The molecule has 0 spiro atoms. The molecular formula is C18H26N4O3. The molecule has 25 heavy (non-hydrogen) atoms. The second-order valence-corrected chi connectivity index (χ2v) is 6.44. The molecular weight excluding hydrogens is 320 g/mol. The van der Waals surface area contributed by atoms with Gasteiger partial charge in [0, 0.05) is 25.4 Å². The normalized spacial score (nSPS) is 16.2. The number of nitrogens with one attached hydrogen (secondary N) is 3. The van der Waals surface area contributed by atoms with E-state index in [1.807, 2.05) is 45.0 Å². The lowest BCUT2D eigenvalue weighted by atomic mass is 10.0. The van der Waals surface area contributed by atoms with E-state index < -0.39 is 0 Å². The Morgan fingerprint density at radius 2 is 1.96 bits per heavy atom. The maximum atomic E-state index is 11.7. The molecule has 1 heterocycles. The third kappa shape index (κ3) is 6.45. The smallest absolute Gasteiger partial charge is 0.314 e. The van der Waals surface area contributed by atoms with Crippen LogP contribution in [0.15, 0.2) is 29.4 Å². The maximum absolute atomic E-state index is 11.7. The van der Waals surface area contributed by atoms with E-state index in [2.05, 4.69) is 21.1 Å². The molecule has 0 aliphatic carbocycles. The zero-order valence-electron chi connectivity index (χ0n) is 15.0. The molecule has 1 aliphatic heterocycles. The van der Waals surface area contributed by atoms with Crippen molar-refractivity contribution in [2.24, 2.45) is 5.16 Å². The lowest BCUT2D eigenvalue weighted by Crippen LogP contribution is -2.41. The molecule has 1 aromatic carbocycles. The van der Waals surface area contributed by atoms with Crippen LogP contribution >= 0.6 is 0 Å². The van der Waals surface area contributed by atoms with Crippen molar-refractivity contribution in [2.45, 2.75) is 45.8 Å². The van der Waals surface area contributed by atoms with Crippen LogP contribution in [0.3, 0.4) is 0 Å². The van der Waals surface area contributed by atoms with Crippen LogP contribution in [0.4, 0.5) is 4.79 Å². The van der Waals surface area contributed by atoms with Gasteiger partial charge in [-0.1, -0.05) is 35.0 Å². The van der Waals surface area contributed by atoms with Crippen LogP contribution in [0.1, 0.15) is 37.8 Å². The van der Waals surface area contributed by atoms with Crippen LogP contribution in [-0.2, 0) is 9.63 Å². The first-order valence-corrected chi connectivity index (χ1v) is 8.55. The molecule has 0 aromatic heterocycles. The number of amides is 3. The van der Waals surface area contributed by atoms with Gasteiger partial charge in [0.1, 0.15) is 0 Å². The van der Waals surface area contributed by atoms with E-state index in [0.717, 1.165) is 11.3 Å². The predicted molar refractivity (Wildman–Crippen MR) is 96.5 cm³/mol. The van der Waals surface area contributed by atoms with Crippen LogP contribution in [0.2, 0.25) is 0 Å². The number of carbonyl (C=O) groups is 2. The third-order valence-corrected chi connectivity index (χ3v) is 3.70. The first-order chi connectivity index (χ1) is 11.9. The van der Waals surface area contributed by atoms with Gasteiger partial charge in [0.2, 0.25) is 5.91 Å². The number of hydrogen-bond acceptors (Lipinski definition) is 4. The van der Waals surface area contributed by atoms with Gasteiger partial charge >= 0.3 is 6.03 Å². The first kappa shape index (κ1) is 18.8. The molecule has 7 heteroatoms. The summed E-state index contributed by atoms with van der Waals surface area (Å²) in [6.45, 7) is 6.48. The van der Waals surface area contributed by atoms with Gasteiger partial charge in [-0.15, -0.1) is 0 Å². The molecule has 0 bridgehead atoms. The Labute approximate surface area is 148 Å². The minimum Gasteiger partial charge on any atom is -0.390 e. The Balaban J connectivity index is 1.63. The molecule has 136 valence electrons. The molecule has 0 fully saturated rings. The molecule has 0 saturated heterocycles. The highest BCUT2D eigenvalue weighted by Gasteiger charge is 2.22. The summed E-state index contributed by atoms with van der Waals surface area (Å²) in [5.41, 5.74) is 3.12. The molecule has 3 N–H and O–H groups in total. The second-order valence-electron chi connectivity index (χ2n) is 6.44. The van der Waals surface area contributed by atoms with Crippen molar-refractivity contribution in [1.29, 1.82) is 0 Å². The van der Waals surface area contributed by atoms with Crippen LogP contribution in [-0.4, -0.2) is 42.9 Å². The van der Waals surface area contributed by atoms with Crippen molar-refractivity contribution < 1.29 is 14.4 Å². The molecule has 2 rings (SSSR count). The van der Waals surface area contributed by atoms with Gasteiger partial charge in [-0.2, -0.15) is 0 Å². The molecule has 3 amide bonds. The monoisotopic (exact) mass is 346 g/mol. The minimum atomic E-state index is -0.315. The average molecular weight is 346 g/mol. The number of nitrogens with zero attached hydrogens (tertiary/aromatic N) is 1. The van der Waals surface area contributed by atoms with Crippen molar-refractivity contribution in [3.8, 4) is 0 Å². The first-order valence-electron chi connectivity index (χ1n) is 8.55. The molecule has 7 nitrogen and oxygen atoms in total. The van der Waals surface area contributed by atoms with Gasteiger partial charge in [-0.3, -0.25) is 4.79 Å². The van der Waals surface area contributed by atoms with E-state index in [9.17, 15) is 9.59 Å². The fourth-order valence-electron chi connectivity index (χ4n) is 2.41. The van der Waals surface area contributed by atoms with E-state index in [1.54, 1.807) is 0 Å². The maximum Gasteiger partial charge on any atom is 0.314 e. The fraction of sp³-hybridized carbons (Fsp3) is 0.500. The quantitative estimate of drug-likeness (QED) is 0.702. The van der Waals surface area contributed by atoms with Crippen molar-refractivity contribution in [3.05, 3.63) is 35.4 Å².